The van der Waals surface area contributed by atoms with Gasteiger partial charge in [0, 0.05) is 0 Å². The van der Waals surface area contributed by atoms with Gasteiger partial charge in [0.1, 0.15) is 11.9 Å². The van der Waals surface area contributed by atoms with Crippen molar-refractivity contribution >= 4 is 5.97 Å². The molecule has 19 heavy (non-hydrogen) atoms. The van der Waals surface area contributed by atoms with Crippen LogP contribution in [0.15, 0.2) is 18.2 Å². The molecule has 0 fully saturated rings. The molecule has 0 aromatic heterocycles. The van der Waals surface area contributed by atoms with Crippen molar-refractivity contribution in [3.05, 3.63) is 29.3 Å². The van der Waals surface area contributed by atoms with Gasteiger partial charge in [0.2, 0.25) is 0 Å². The minimum absolute atomic E-state index is 0.372. The van der Waals surface area contributed by atoms with E-state index < -0.39 is 35.7 Å². The summed E-state index contributed by atoms with van der Waals surface area (Å²) in [6.45, 7) is 0. The van der Waals surface area contributed by atoms with Crippen molar-refractivity contribution in [3.8, 4) is 5.75 Å². The van der Waals surface area contributed by atoms with Crippen LogP contribution in [-0.2, 0) is 15.7 Å². The Hall–Kier alpha value is -1.80. The second kappa shape index (κ2) is 5.45. The summed E-state index contributed by atoms with van der Waals surface area (Å²) in [6, 6.07) is 2.12. The Morgan fingerprint density at radius 2 is 1.89 bits per heavy atom. The van der Waals surface area contributed by atoms with Gasteiger partial charge in [-0.3, -0.25) is 0 Å². The van der Waals surface area contributed by atoms with Crippen LogP contribution in [0.25, 0.3) is 0 Å². The third-order valence-electron chi connectivity index (χ3n) is 2.41. The maximum atomic E-state index is 12.5. The van der Waals surface area contributed by atoms with Gasteiger partial charge in [-0.1, -0.05) is 6.07 Å². The molecule has 0 aliphatic rings. The zero-order valence-electron chi connectivity index (χ0n) is 9.68. The van der Waals surface area contributed by atoms with Crippen LogP contribution in [0.3, 0.4) is 0 Å². The monoisotopic (exact) mass is 280 g/mol. The number of carbonyl (C=O) groups is 1. The number of methoxy groups -OCH3 is 1. The molecule has 1 rings (SSSR count). The molecule has 1 aromatic carbocycles. The summed E-state index contributed by atoms with van der Waals surface area (Å²) in [7, 11) is 0.955. The zero-order valence-corrected chi connectivity index (χ0v) is 9.68. The molecule has 0 bridgehead atoms. The fourth-order valence-corrected chi connectivity index (χ4v) is 1.40. The number of benzene rings is 1. The second-order valence-electron chi connectivity index (χ2n) is 3.69. The number of aliphatic hydroxyl groups is 2. The van der Waals surface area contributed by atoms with Gasteiger partial charge in [0.25, 0.3) is 0 Å². The largest absolute Gasteiger partial charge is 0.507 e. The third kappa shape index (κ3) is 3.36. The van der Waals surface area contributed by atoms with Gasteiger partial charge in [0.15, 0.2) is 6.10 Å². The number of phenols is 1. The molecule has 0 spiro atoms. The number of aliphatic hydroxyl groups excluding tert-OH is 2. The minimum atomic E-state index is -4.82. The first-order valence-corrected chi connectivity index (χ1v) is 5.02. The first-order chi connectivity index (χ1) is 8.68. The van der Waals surface area contributed by atoms with Crippen LogP contribution in [0.4, 0.5) is 13.2 Å². The quantitative estimate of drug-likeness (QED) is 0.718. The molecule has 0 saturated heterocycles. The van der Waals surface area contributed by atoms with E-state index in [0.717, 1.165) is 13.2 Å². The van der Waals surface area contributed by atoms with E-state index in [-0.39, 0.29) is 5.56 Å². The van der Waals surface area contributed by atoms with E-state index in [1.54, 1.807) is 0 Å². The van der Waals surface area contributed by atoms with Crippen LogP contribution in [0.1, 0.15) is 17.2 Å². The number of aromatic hydroxyl groups is 1. The molecule has 3 N–H and O–H groups in total. The van der Waals surface area contributed by atoms with Crippen molar-refractivity contribution in [3.63, 3.8) is 0 Å². The number of hydrogen-bond donors (Lipinski definition) is 3. The van der Waals surface area contributed by atoms with Crippen LogP contribution >= 0.6 is 0 Å². The number of phenolic OH excluding ortho intramolecular Hbond substituents is 1. The van der Waals surface area contributed by atoms with Crippen LogP contribution in [0, 0.1) is 0 Å². The predicted octanol–water partition coefficient (Wildman–Crippen LogP) is 0.978. The number of esters is 1. The lowest BCUT2D eigenvalue weighted by molar-refractivity contribution is -0.156. The van der Waals surface area contributed by atoms with Crippen molar-refractivity contribution < 1.29 is 38.0 Å². The lowest BCUT2D eigenvalue weighted by Gasteiger charge is -2.18. The van der Waals surface area contributed by atoms with Crippen molar-refractivity contribution in [2.75, 3.05) is 7.11 Å². The van der Waals surface area contributed by atoms with Crippen LogP contribution < -0.4 is 0 Å². The first-order valence-electron chi connectivity index (χ1n) is 5.02. The Morgan fingerprint density at radius 3 is 2.37 bits per heavy atom. The number of ether oxygens (including phenoxy) is 1. The highest BCUT2D eigenvalue weighted by molar-refractivity contribution is 5.75. The molecule has 5 nitrogen and oxygen atoms in total. The Bertz CT molecular complexity index is 472. The Kier molecular flexibility index (Phi) is 4.38. The van der Waals surface area contributed by atoms with E-state index >= 15 is 0 Å². The Labute approximate surface area is 105 Å². The molecule has 0 heterocycles. The molecule has 0 amide bonds. The number of carbonyl (C=O) groups excluding carboxylic acids is 1. The lowest BCUT2D eigenvalue weighted by Crippen LogP contribution is -2.29. The molecule has 0 aliphatic carbocycles. The van der Waals surface area contributed by atoms with Gasteiger partial charge in [-0.05, 0) is 17.7 Å². The molecular formula is C11H11F3O5. The zero-order chi connectivity index (χ0) is 14.8. The number of rotatable bonds is 3. The molecule has 2 atom stereocenters. The fourth-order valence-electron chi connectivity index (χ4n) is 1.40. The highest BCUT2D eigenvalue weighted by atomic mass is 19.4. The summed E-state index contributed by atoms with van der Waals surface area (Å²) in [5.41, 5.74) is -1.75. The average molecular weight is 280 g/mol. The Balaban J connectivity index is 3.12. The third-order valence-corrected chi connectivity index (χ3v) is 2.41. The van der Waals surface area contributed by atoms with Gasteiger partial charge in [-0.2, -0.15) is 13.2 Å². The fraction of sp³-hybridized carbons (Fsp3) is 0.364. The molecule has 0 saturated carbocycles. The van der Waals surface area contributed by atoms with Gasteiger partial charge < -0.3 is 20.1 Å². The summed E-state index contributed by atoms with van der Waals surface area (Å²) in [6.07, 6.45) is -8.74. The second-order valence-corrected chi connectivity index (χ2v) is 3.69. The SMILES string of the molecule is COC(=O)C(O)C(O)c1ccc(O)c(C(F)(F)F)c1. The van der Waals surface area contributed by atoms with Crippen molar-refractivity contribution in [1.29, 1.82) is 0 Å². The molecule has 8 heteroatoms. The molecule has 1 aromatic rings. The van der Waals surface area contributed by atoms with Gasteiger partial charge in [0.05, 0.1) is 12.7 Å². The molecule has 106 valence electrons. The smallest absolute Gasteiger partial charge is 0.419 e. The van der Waals surface area contributed by atoms with E-state index in [4.69, 9.17) is 5.11 Å². The average Bonchev–Trinajstić information content (AvgIpc) is 2.35. The number of halogens is 3. The maximum absolute atomic E-state index is 12.5. The standard InChI is InChI=1S/C11H11F3O5/c1-19-10(18)9(17)8(16)5-2-3-7(15)6(4-5)11(12,13)14/h2-4,8-9,15-17H,1H3. The summed E-state index contributed by atoms with van der Waals surface area (Å²) < 4.78 is 41.7. The van der Waals surface area contributed by atoms with Crippen molar-refractivity contribution in [1.82, 2.24) is 0 Å². The van der Waals surface area contributed by atoms with Crippen LogP contribution in [0.2, 0.25) is 0 Å². The summed E-state index contributed by atoms with van der Waals surface area (Å²) >= 11 is 0. The Morgan fingerprint density at radius 1 is 1.32 bits per heavy atom. The lowest BCUT2D eigenvalue weighted by atomic mass is 10.0. The van der Waals surface area contributed by atoms with E-state index in [9.17, 15) is 28.2 Å². The summed E-state index contributed by atoms with van der Waals surface area (Å²) in [4.78, 5) is 11.0. The molecule has 0 aliphatic heterocycles. The topological polar surface area (TPSA) is 87.0 Å². The highest BCUT2D eigenvalue weighted by Crippen LogP contribution is 2.37. The van der Waals surface area contributed by atoms with Crippen molar-refractivity contribution in [2.24, 2.45) is 0 Å². The normalized spacial score (nSPS) is 14.8. The molecular weight excluding hydrogens is 269 g/mol. The van der Waals surface area contributed by atoms with E-state index in [2.05, 4.69) is 4.74 Å². The predicted molar refractivity (Wildman–Crippen MR) is 56.1 cm³/mol. The number of hydrogen-bond acceptors (Lipinski definition) is 5. The minimum Gasteiger partial charge on any atom is -0.507 e. The van der Waals surface area contributed by atoms with Gasteiger partial charge in [-0.15, -0.1) is 0 Å². The summed E-state index contributed by atoms with van der Waals surface area (Å²) in [5, 5.41) is 28.0. The first kappa shape index (κ1) is 15.3. The van der Waals surface area contributed by atoms with Crippen LogP contribution in [0.5, 0.6) is 5.75 Å². The van der Waals surface area contributed by atoms with Crippen molar-refractivity contribution in [2.45, 2.75) is 18.4 Å². The van der Waals surface area contributed by atoms with E-state index in [1.807, 2.05) is 0 Å². The van der Waals surface area contributed by atoms with Crippen LogP contribution in [-0.4, -0.2) is 34.5 Å². The highest BCUT2D eigenvalue weighted by Gasteiger charge is 2.35. The van der Waals surface area contributed by atoms with Gasteiger partial charge >= 0.3 is 12.1 Å². The number of alkyl halides is 3. The molecule has 2 unspecified atom stereocenters. The summed E-state index contributed by atoms with van der Waals surface area (Å²) in [5.74, 6) is -2.20. The molecule has 0 radical (unpaired) electrons. The maximum Gasteiger partial charge on any atom is 0.419 e. The van der Waals surface area contributed by atoms with E-state index in [0.29, 0.717) is 12.1 Å². The van der Waals surface area contributed by atoms with E-state index in [1.165, 1.54) is 0 Å². The van der Waals surface area contributed by atoms with Gasteiger partial charge in [-0.25, -0.2) is 4.79 Å².